The molecule has 0 unspecified atom stereocenters. The van der Waals surface area contributed by atoms with Gasteiger partial charge in [-0.05, 0) is 50.6 Å². The second kappa shape index (κ2) is 8.23. The van der Waals surface area contributed by atoms with E-state index in [-0.39, 0.29) is 5.60 Å². The van der Waals surface area contributed by atoms with Crippen molar-refractivity contribution in [3.63, 3.8) is 0 Å². The molecule has 0 bridgehead atoms. The van der Waals surface area contributed by atoms with Crippen molar-refractivity contribution in [2.75, 3.05) is 32.8 Å². The highest BCUT2D eigenvalue weighted by Gasteiger charge is 2.35. The second-order valence-corrected chi connectivity index (χ2v) is 6.34. The van der Waals surface area contributed by atoms with Gasteiger partial charge in [0.05, 0.1) is 12.2 Å². The molecule has 3 heteroatoms. The monoisotopic (exact) mass is 270 g/mol. The van der Waals surface area contributed by atoms with Crippen molar-refractivity contribution in [2.45, 2.75) is 59.0 Å². The van der Waals surface area contributed by atoms with Crippen molar-refractivity contribution in [3.05, 3.63) is 0 Å². The van der Waals surface area contributed by atoms with E-state index in [4.69, 9.17) is 10.5 Å². The highest BCUT2D eigenvalue weighted by molar-refractivity contribution is 4.89. The zero-order valence-corrected chi connectivity index (χ0v) is 13.5. The van der Waals surface area contributed by atoms with E-state index in [2.05, 4.69) is 32.6 Å². The molecule has 3 nitrogen and oxygen atoms in total. The van der Waals surface area contributed by atoms with Crippen molar-refractivity contribution in [1.29, 1.82) is 0 Å². The van der Waals surface area contributed by atoms with E-state index in [0.717, 1.165) is 50.9 Å². The molecule has 19 heavy (non-hydrogen) atoms. The van der Waals surface area contributed by atoms with E-state index >= 15 is 0 Å². The molecule has 1 rings (SSSR count). The summed E-state index contributed by atoms with van der Waals surface area (Å²) in [7, 11) is 0. The van der Waals surface area contributed by atoms with Crippen LogP contribution in [0.25, 0.3) is 0 Å². The molecule has 114 valence electrons. The van der Waals surface area contributed by atoms with Crippen LogP contribution in [0.15, 0.2) is 0 Å². The van der Waals surface area contributed by atoms with Crippen molar-refractivity contribution in [1.82, 2.24) is 4.90 Å². The Morgan fingerprint density at radius 1 is 1.21 bits per heavy atom. The smallest absolute Gasteiger partial charge is 0.0805 e. The van der Waals surface area contributed by atoms with E-state index in [1.165, 1.54) is 12.8 Å². The Balaban J connectivity index is 2.37. The maximum Gasteiger partial charge on any atom is 0.0805 e. The molecule has 0 amide bonds. The molecule has 0 spiro atoms. The summed E-state index contributed by atoms with van der Waals surface area (Å²) in [5.41, 5.74) is 5.97. The van der Waals surface area contributed by atoms with Crippen molar-refractivity contribution < 1.29 is 4.74 Å². The number of hydrogen-bond acceptors (Lipinski definition) is 3. The minimum absolute atomic E-state index is 0.0292. The Bertz CT molecular complexity index is 231. The van der Waals surface area contributed by atoms with Crippen molar-refractivity contribution in [3.8, 4) is 0 Å². The lowest BCUT2D eigenvalue weighted by Crippen LogP contribution is -2.46. The molecule has 0 heterocycles. The fourth-order valence-corrected chi connectivity index (χ4v) is 3.17. The van der Waals surface area contributed by atoms with Gasteiger partial charge in [0.2, 0.25) is 0 Å². The molecule has 1 saturated carbocycles. The predicted molar refractivity (Wildman–Crippen MR) is 82.3 cm³/mol. The summed E-state index contributed by atoms with van der Waals surface area (Å²) < 4.78 is 6.22. The summed E-state index contributed by atoms with van der Waals surface area (Å²) in [6.07, 6.45) is 4.84. The van der Waals surface area contributed by atoms with Crippen LogP contribution in [0.3, 0.4) is 0 Å². The van der Waals surface area contributed by atoms with Gasteiger partial charge in [-0.2, -0.15) is 0 Å². The maximum absolute atomic E-state index is 6.22. The molecule has 0 radical (unpaired) electrons. The molecular formula is C16H34N2O. The van der Waals surface area contributed by atoms with Crippen LogP contribution in [0.1, 0.15) is 53.4 Å². The van der Waals surface area contributed by atoms with E-state index < -0.39 is 0 Å². The Kier molecular flexibility index (Phi) is 7.33. The third-order valence-electron chi connectivity index (χ3n) is 4.97. The van der Waals surface area contributed by atoms with E-state index in [0.29, 0.717) is 6.54 Å². The normalized spacial score (nSPS) is 28.3. The molecule has 1 aliphatic carbocycles. The summed E-state index contributed by atoms with van der Waals surface area (Å²) in [5, 5.41) is 0. The number of nitrogens with zero attached hydrogens (tertiary/aromatic N) is 1. The summed E-state index contributed by atoms with van der Waals surface area (Å²) in [5.74, 6) is 1.66. The highest BCUT2D eigenvalue weighted by Crippen LogP contribution is 2.37. The minimum atomic E-state index is -0.0292. The van der Waals surface area contributed by atoms with Crippen LogP contribution >= 0.6 is 0 Å². The first-order valence-electron chi connectivity index (χ1n) is 8.13. The molecule has 2 N–H and O–H groups in total. The van der Waals surface area contributed by atoms with E-state index in [1.54, 1.807) is 0 Å². The van der Waals surface area contributed by atoms with Gasteiger partial charge in [0.1, 0.15) is 0 Å². The largest absolute Gasteiger partial charge is 0.372 e. The molecular weight excluding hydrogens is 236 g/mol. The average Bonchev–Trinajstić information content (AvgIpc) is 2.44. The van der Waals surface area contributed by atoms with Gasteiger partial charge in [-0.1, -0.05) is 27.7 Å². The molecule has 0 atom stereocenters. The van der Waals surface area contributed by atoms with Gasteiger partial charge in [-0.3, -0.25) is 0 Å². The van der Waals surface area contributed by atoms with Crippen LogP contribution < -0.4 is 5.73 Å². The molecule has 1 aliphatic rings. The average molecular weight is 270 g/mol. The molecule has 1 fully saturated rings. The Hall–Kier alpha value is -0.120. The van der Waals surface area contributed by atoms with Gasteiger partial charge < -0.3 is 15.4 Å². The highest BCUT2D eigenvalue weighted by atomic mass is 16.5. The number of likely N-dealkylation sites (N-methyl/N-ethyl adjacent to an activating group) is 1. The van der Waals surface area contributed by atoms with Crippen LogP contribution in [0.2, 0.25) is 0 Å². The Labute approximate surface area is 119 Å². The second-order valence-electron chi connectivity index (χ2n) is 6.34. The SMILES string of the molecule is CCN(CC)CCOC1(CN)CCC(C(C)C)CC1. The van der Waals surface area contributed by atoms with Crippen molar-refractivity contribution in [2.24, 2.45) is 17.6 Å². The predicted octanol–water partition coefficient (Wildman–Crippen LogP) is 2.89. The van der Waals surface area contributed by atoms with Gasteiger partial charge in [-0.25, -0.2) is 0 Å². The number of hydrogen-bond donors (Lipinski definition) is 1. The third kappa shape index (κ3) is 5.05. The lowest BCUT2D eigenvalue weighted by atomic mass is 9.74. The topological polar surface area (TPSA) is 38.5 Å². The lowest BCUT2D eigenvalue weighted by molar-refractivity contribution is -0.0790. The summed E-state index contributed by atoms with van der Waals surface area (Å²) in [6, 6.07) is 0. The fraction of sp³-hybridized carbons (Fsp3) is 1.00. The summed E-state index contributed by atoms with van der Waals surface area (Å²) in [6.45, 7) is 13.8. The van der Waals surface area contributed by atoms with Crippen molar-refractivity contribution >= 4 is 0 Å². The standard InChI is InChI=1S/C16H34N2O/c1-5-18(6-2)11-12-19-16(13-17)9-7-15(8-10-16)14(3)4/h14-15H,5-13,17H2,1-4H3. The van der Waals surface area contributed by atoms with Crippen LogP contribution in [-0.2, 0) is 4.74 Å². The van der Waals surface area contributed by atoms with Gasteiger partial charge in [0.15, 0.2) is 0 Å². The first kappa shape index (κ1) is 16.9. The summed E-state index contributed by atoms with van der Waals surface area (Å²) in [4.78, 5) is 2.41. The van der Waals surface area contributed by atoms with Crippen LogP contribution in [-0.4, -0.2) is 43.3 Å². The van der Waals surface area contributed by atoms with Crippen LogP contribution in [0, 0.1) is 11.8 Å². The Morgan fingerprint density at radius 2 is 1.79 bits per heavy atom. The Morgan fingerprint density at radius 3 is 2.21 bits per heavy atom. The number of rotatable bonds is 8. The molecule has 0 aliphatic heterocycles. The zero-order valence-electron chi connectivity index (χ0n) is 13.5. The fourth-order valence-electron chi connectivity index (χ4n) is 3.17. The maximum atomic E-state index is 6.22. The first-order chi connectivity index (χ1) is 9.06. The minimum Gasteiger partial charge on any atom is -0.372 e. The summed E-state index contributed by atoms with van der Waals surface area (Å²) >= 11 is 0. The van der Waals surface area contributed by atoms with E-state index in [1.807, 2.05) is 0 Å². The van der Waals surface area contributed by atoms with Gasteiger partial charge in [0, 0.05) is 13.1 Å². The molecule has 0 aromatic heterocycles. The van der Waals surface area contributed by atoms with Gasteiger partial charge in [0.25, 0.3) is 0 Å². The zero-order chi connectivity index (χ0) is 14.3. The van der Waals surface area contributed by atoms with Crippen LogP contribution in [0.4, 0.5) is 0 Å². The quantitative estimate of drug-likeness (QED) is 0.737. The first-order valence-corrected chi connectivity index (χ1v) is 8.13. The van der Waals surface area contributed by atoms with Crippen LogP contribution in [0.5, 0.6) is 0 Å². The number of nitrogens with two attached hydrogens (primary N) is 1. The molecule has 0 aromatic rings. The number of ether oxygens (including phenoxy) is 1. The third-order valence-corrected chi connectivity index (χ3v) is 4.97. The van der Waals surface area contributed by atoms with Gasteiger partial charge >= 0.3 is 0 Å². The molecule has 0 aromatic carbocycles. The van der Waals surface area contributed by atoms with E-state index in [9.17, 15) is 0 Å². The van der Waals surface area contributed by atoms with Gasteiger partial charge in [-0.15, -0.1) is 0 Å². The lowest BCUT2D eigenvalue weighted by Gasteiger charge is -2.41. The molecule has 0 saturated heterocycles.